The Kier molecular flexibility index (Phi) is 6.78. The quantitative estimate of drug-likeness (QED) is 0.369. The van der Waals surface area contributed by atoms with Gasteiger partial charge < -0.3 is 20.4 Å². The van der Waals surface area contributed by atoms with E-state index >= 15 is 0 Å². The van der Waals surface area contributed by atoms with Gasteiger partial charge in [-0.3, -0.25) is 14.7 Å². The fraction of sp³-hybridized carbons (Fsp3) is 0.269. The SMILES string of the molecule is CN1CCN(c2ccc(NC(=O)Cc3cc4c(NC(=O)Cc5ccccc5)[nH]nc4s3)cc2)CC1. The van der Waals surface area contributed by atoms with Crippen molar-refractivity contribution < 1.29 is 9.59 Å². The number of hydrogen-bond acceptors (Lipinski definition) is 6. The van der Waals surface area contributed by atoms with E-state index in [1.807, 2.05) is 48.5 Å². The number of anilines is 3. The number of piperazine rings is 1. The van der Waals surface area contributed by atoms with Crippen LogP contribution in [-0.4, -0.2) is 60.1 Å². The summed E-state index contributed by atoms with van der Waals surface area (Å²) in [5.74, 6) is 0.357. The highest BCUT2D eigenvalue weighted by molar-refractivity contribution is 7.18. The van der Waals surface area contributed by atoms with Crippen molar-refractivity contribution in [1.29, 1.82) is 0 Å². The van der Waals surface area contributed by atoms with Crippen LogP contribution >= 0.6 is 11.3 Å². The molecule has 0 spiro atoms. The van der Waals surface area contributed by atoms with Crippen LogP contribution in [-0.2, 0) is 22.4 Å². The van der Waals surface area contributed by atoms with Crippen LogP contribution in [0.25, 0.3) is 10.2 Å². The molecule has 1 fully saturated rings. The molecule has 0 unspecified atom stereocenters. The van der Waals surface area contributed by atoms with Crippen LogP contribution in [0, 0.1) is 0 Å². The summed E-state index contributed by atoms with van der Waals surface area (Å²) in [7, 11) is 2.14. The molecule has 0 aliphatic carbocycles. The highest BCUT2D eigenvalue weighted by atomic mass is 32.1. The van der Waals surface area contributed by atoms with Crippen LogP contribution in [0.5, 0.6) is 0 Å². The number of aromatic amines is 1. The molecule has 0 atom stereocenters. The Bertz CT molecular complexity index is 1310. The molecule has 8 nitrogen and oxygen atoms in total. The summed E-state index contributed by atoms with van der Waals surface area (Å²) in [6.45, 7) is 4.13. The zero-order valence-electron chi connectivity index (χ0n) is 19.6. The van der Waals surface area contributed by atoms with Crippen molar-refractivity contribution in [2.45, 2.75) is 12.8 Å². The Labute approximate surface area is 207 Å². The number of aromatic nitrogens is 2. The van der Waals surface area contributed by atoms with Gasteiger partial charge in [0.2, 0.25) is 11.8 Å². The van der Waals surface area contributed by atoms with Crippen molar-refractivity contribution in [2.24, 2.45) is 0 Å². The second-order valence-electron chi connectivity index (χ2n) is 8.80. The summed E-state index contributed by atoms with van der Waals surface area (Å²) in [6.07, 6.45) is 0.535. The van der Waals surface area contributed by atoms with Crippen molar-refractivity contribution in [1.82, 2.24) is 15.1 Å². The molecular formula is C26H28N6O2S. The summed E-state index contributed by atoms with van der Waals surface area (Å²) in [6, 6.07) is 19.5. The maximum Gasteiger partial charge on any atom is 0.229 e. The maximum atomic E-state index is 12.7. The van der Waals surface area contributed by atoms with E-state index in [1.54, 1.807) is 0 Å². The van der Waals surface area contributed by atoms with E-state index in [2.05, 4.69) is 49.8 Å². The van der Waals surface area contributed by atoms with Gasteiger partial charge in [-0.15, -0.1) is 11.3 Å². The molecule has 1 aliphatic heterocycles. The molecule has 180 valence electrons. The number of carbonyl (C=O) groups is 2. The first-order valence-corrected chi connectivity index (χ1v) is 12.5. The Morgan fingerprint density at radius 3 is 2.40 bits per heavy atom. The summed E-state index contributed by atoms with van der Waals surface area (Å²) in [4.78, 5) is 31.4. The lowest BCUT2D eigenvalue weighted by molar-refractivity contribution is -0.116. The van der Waals surface area contributed by atoms with E-state index in [0.717, 1.165) is 52.5 Å². The first kappa shape index (κ1) is 23.1. The first-order chi connectivity index (χ1) is 17.0. The number of amides is 2. The van der Waals surface area contributed by atoms with E-state index < -0.39 is 0 Å². The maximum absolute atomic E-state index is 12.7. The molecule has 2 aromatic carbocycles. The zero-order valence-corrected chi connectivity index (χ0v) is 20.4. The number of nitrogens with one attached hydrogen (secondary N) is 3. The lowest BCUT2D eigenvalue weighted by Crippen LogP contribution is -2.44. The van der Waals surface area contributed by atoms with E-state index in [1.165, 1.54) is 17.0 Å². The third-order valence-electron chi connectivity index (χ3n) is 6.13. The minimum atomic E-state index is -0.118. The van der Waals surface area contributed by atoms with Gasteiger partial charge in [-0.2, -0.15) is 5.10 Å². The molecule has 5 rings (SSSR count). The van der Waals surface area contributed by atoms with Gasteiger partial charge in [0.1, 0.15) is 10.6 Å². The van der Waals surface area contributed by atoms with Gasteiger partial charge >= 0.3 is 0 Å². The van der Waals surface area contributed by atoms with Crippen LogP contribution in [0.4, 0.5) is 17.2 Å². The number of carbonyl (C=O) groups excluding carboxylic acids is 2. The smallest absolute Gasteiger partial charge is 0.229 e. The summed E-state index contributed by atoms with van der Waals surface area (Å²) < 4.78 is 0. The zero-order chi connectivity index (χ0) is 24.2. The van der Waals surface area contributed by atoms with Crippen molar-refractivity contribution in [3.8, 4) is 0 Å². The predicted molar refractivity (Wildman–Crippen MR) is 141 cm³/mol. The predicted octanol–water partition coefficient (Wildman–Crippen LogP) is 3.74. The van der Waals surface area contributed by atoms with Crippen molar-refractivity contribution in [3.05, 3.63) is 71.1 Å². The number of rotatable bonds is 7. The van der Waals surface area contributed by atoms with Crippen LogP contribution in [0.3, 0.4) is 0 Å². The lowest BCUT2D eigenvalue weighted by atomic mass is 10.1. The Balaban J connectivity index is 1.17. The van der Waals surface area contributed by atoms with Gasteiger partial charge in [-0.05, 0) is 42.9 Å². The molecule has 1 saturated heterocycles. The number of hydrogen-bond donors (Lipinski definition) is 3. The van der Waals surface area contributed by atoms with E-state index in [9.17, 15) is 9.59 Å². The molecule has 3 heterocycles. The van der Waals surface area contributed by atoms with E-state index in [-0.39, 0.29) is 24.7 Å². The molecule has 2 amide bonds. The number of H-pyrrole nitrogens is 1. The van der Waals surface area contributed by atoms with Crippen LogP contribution < -0.4 is 15.5 Å². The molecule has 3 N–H and O–H groups in total. The van der Waals surface area contributed by atoms with Crippen LogP contribution in [0.1, 0.15) is 10.4 Å². The van der Waals surface area contributed by atoms with Gasteiger partial charge in [0, 0.05) is 42.4 Å². The number of likely N-dealkylation sites (N-methyl/N-ethyl adjacent to an activating group) is 1. The standard InChI is InChI=1S/C26H28N6O2S/c1-31-11-13-32(14-12-31)20-9-7-19(8-10-20)27-24(34)17-21-16-22-25(29-30-26(22)35-21)28-23(33)15-18-5-3-2-4-6-18/h2-10,16H,11-15,17H2,1H3,(H,27,34)(H2,28,29,30,33). The summed E-state index contributed by atoms with van der Waals surface area (Å²) in [5, 5.41) is 13.9. The molecular weight excluding hydrogens is 460 g/mol. The minimum Gasteiger partial charge on any atom is -0.369 e. The monoisotopic (exact) mass is 488 g/mol. The average molecular weight is 489 g/mol. The van der Waals surface area contributed by atoms with Gasteiger partial charge in [-0.1, -0.05) is 30.3 Å². The molecule has 2 aromatic heterocycles. The van der Waals surface area contributed by atoms with E-state index in [0.29, 0.717) is 5.82 Å². The molecule has 0 saturated carbocycles. The number of benzene rings is 2. The average Bonchev–Trinajstić information content (AvgIpc) is 3.41. The largest absolute Gasteiger partial charge is 0.369 e. The van der Waals surface area contributed by atoms with Crippen molar-refractivity contribution in [2.75, 3.05) is 48.8 Å². The highest BCUT2D eigenvalue weighted by Gasteiger charge is 2.16. The van der Waals surface area contributed by atoms with Gasteiger partial charge in [0.15, 0.2) is 0 Å². The Morgan fingerprint density at radius 1 is 0.943 bits per heavy atom. The molecule has 4 aromatic rings. The van der Waals surface area contributed by atoms with Gasteiger partial charge in [-0.25, -0.2) is 0 Å². The third-order valence-corrected chi connectivity index (χ3v) is 7.16. The normalized spacial score (nSPS) is 14.3. The molecule has 1 aliphatic rings. The molecule has 0 bridgehead atoms. The Hall–Kier alpha value is -3.69. The van der Waals surface area contributed by atoms with Crippen LogP contribution in [0.2, 0.25) is 0 Å². The summed E-state index contributed by atoms with van der Waals surface area (Å²) in [5.41, 5.74) is 2.90. The fourth-order valence-electron chi connectivity index (χ4n) is 4.19. The molecule has 35 heavy (non-hydrogen) atoms. The third kappa shape index (κ3) is 5.70. The van der Waals surface area contributed by atoms with Gasteiger partial charge in [0.05, 0.1) is 18.2 Å². The first-order valence-electron chi connectivity index (χ1n) is 11.7. The van der Waals surface area contributed by atoms with Crippen molar-refractivity contribution in [3.63, 3.8) is 0 Å². The Morgan fingerprint density at radius 2 is 1.66 bits per heavy atom. The van der Waals surface area contributed by atoms with E-state index in [4.69, 9.17) is 0 Å². The van der Waals surface area contributed by atoms with Gasteiger partial charge in [0.25, 0.3) is 0 Å². The summed E-state index contributed by atoms with van der Waals surface area (Å²) >= 11 is 1.44. The topological polar surface area (TPSA) is 93.4 Å². The van der Waals surface area contributed by atoms with Crippen LogP contribution in [0.15, 0.2) is 60.7 Å². The fourth-order valence-corrected chi connectivity index (χ4v) is 5.18. The number of fused-ring (bicyclic) bond motifs is 1. The highest BCUT2D eigenvalue weighted by Crippen LogP contribution is 2.30. The van der Waals surface area contributed by atoms with Crippen molar-refractivity contribution >= 4 is 50.6 Å². The second kappa shape index (κ2) is 10.3. The second-order valence-corrected chi connectivity index (χ2v) is 9.92. The lowest BCUT2D eigenvalue weighted by Gasteiger charge is -2.34. The molecule has 0 radical (unpaired) electrons. The number of nitrogens with zero attached hydrogens (tertiary/aromatic N) is 3. The minimum absolute atomic E-state index is 0.0834. The molecule has 9 heteroatoms. The number of thiophene rings is 1.